The number of nitrogens with one attached hydrogen (secondary N) is 1. The zero-order valence-corrected chi connectivity index (χ0v) is 11.3. The first-order valence-electron chi connectivity index (χ1n) is 5.80. The van der Waals surface area contributed by atoms with Gasteiger partial charge in [0.15, 0.2) is 6.10 Å². The van der Waals surface area contributed by atoms with Crippen LogP contribution in [0.5, 0.6) is 5.75 Å². The fourth-order valence-corrected chi connectivity index (χ4v) is 1.93. The average molecular weight is 271 g/mol. The fraction of sp³-hybridized carbons (Fsp3) is 0.500. The van der Waals surface area contributed by atoms with Crippen molar-refractivity contribution >= 4 is 23.2 Å². The van der Waals surface area contributed by atoms with Crippen LogP contribution < -0.4 is 10.1 Å². The van der Waals surface area contributed by atoms with Crippen molar-refractivity contribution in [3.05, 3.63) is 16.3 Å². The predicted octanol–water partition coefficient (Wildman–Crippen LogP) is 2.13. The van der Waals surface area contributed by atoms with Crippen molar-refractivity contribution in [2.24, 2.45) is 0 Å². The number of amides is 1. The molecule has 0 aliphatic heterocycles. The highest BCUT2D eigenvalue weighted by molar-refractivity contribution is 7.12. The zero-order valence-electron chi connectivity index (χ0n) is 10.4. The lowest BCUT2D eigenvalue weighted by Crippen LogP contribution is -2.36. The lowest BCUT2D eigenvalue weighted by atomic mass is 10.3. The standard InChI is InChI=1S/C12H17NO4S/c1-3-4-5-13-11(14)8(2)17-9-6-10(12(15)16)18-7-9/h6-8H,3-5H2,1-2H3,(H,13,14)(H,15,16). The molecule has 1 aromatic rings. The third kappa shape index (κ3) is 4.37. The van der Waals surface area contributed by atoms with Gasteiger partial charge >= 0.3 is 5.97 Å². The maximum absolute atomic E-state index is 11.6. The van der Waals surface area contributed by atoms with E-state index >= 15 is 0 Å². The van der Waals surface area contributed by atoms with Crippen LogP contribution in [-0.4, -0.2) is 29.6 Å². The molecule has 0 aliphatic rings. The molecule has 0 saturated carbocycles. The average Bonchev–Trinajstić information content (AvgIpc) is 2.77. The van der Waals surface area contributed by atoms with E-state index in [1.807, 2.05) is 6.92 Å². The Morgan fingerprint density at radius 3 is 2.83 bits per heavy atom. The second-order valence-electron chi connectivity index (χ2n) is 3.86. The Morgan fingerprint density at radius 1 is 1.56 bits per heavy atom. The lowest BCUT2D eigenvalue weighted by molar-refractivity contribution is -0.127. The van der Waals surface area contributed by atoms with Crippen LogP contribution in [0.4, 0.5) is 0 Å². The molecule has 5 nitrogen and oxygen atoms in total. The number of ether oxygens (including phenoxy) is 1. The van der Waals surface area contributed by atoms with Gasteiger partial charge < -0.3 is 15.2 Å². The van der Waals surface area contributed by atoms with Gasteiger partial charge in [-0.3, -0.25) is 4.79 Å². The minimum atomic E-state index is -0.991. The van der Waals surface area contributed by atoms with Crippen molar-refractivity contribution in [1.29, 1.82) is 0 Å². The Kier molecular flexibility index (Phi) is 5.64. The van der Waals surface area contributed by atoms with Crippen LogP contribution in [0.15, 0.2) is 11.4 Å². The molecule has 0 radical (unpaired) electrons. The van der Waals surface area contributed by atoms with Crippen LogP contribution in [0.2, 0.25) is 0 Å². The molecule has 1 amide bonds. The van der Waals surface area contributed by atoms with E-state index in [-0.39, 0.29) is 10.8 Å². The van der Waals surface area contributed by atoms with Crippen molar-refractivity contribution < 1.29 is 19.4 Å². The van der Waals surface area contributed by atoms with Gasteiger partial charge in [-0.2, -0.15) is 0 Å². The second-order valence-corrected chi connectivity index (χ2v) is 4.77. The fourth-order valence-electron chi connectivity index (χ4n) is 1.28. The van der Waals surface area contributed by atoms with Crippen LogP contribution in [0.1, 0.15) is 36.4 Å². The quantitative estimate of drug-likeness (QED) is 0.745. The monoisotopic (exact) mass is 271 g/mol. The molecule has 18 heavy (non-hydrogen) atoms. The van der Waals surface area contributed by atoms with E-state index in [1.54, 1.807) is 12.3 Å². The van der Waals surface area contributed by atoms with Gasteiger partial charge in [0, 0.05) is 18.0 Å². The van der Waals surface area contributed by atoms with E-state index in [0.717, 1.165) is 24.2 Å². The molecule has 1 unspecified atom stereocenters. The number of hydrogen-bond donors (Lipinski definition) is 2. The first-order valence-corrected chi connectivity index (χ1v) is 6.68. The SMILES string of the molecule is CCCCNC(=O)C(C)Oc1csc(C(=O)O)c1. The molecular weight excluding hydrogens is 254 g/mol. The first kappa shape index (κ1) is 14.5. The van der Waals surface area contributed by atoms with Gasteiger partial charge in [-0.25, -0.2) is 4.79 Å². The van der Waals surface area contributed by atoms with Crippen molar-refractivity contribution in [1.82, 2.24) is 5.32 Å². The number of rotatable bonds is 7. The molecule has 2 N–H and O–H groups in total. The van der Waals surface area contributed by atoms with Crippen molar-refractivity contribution in [2.75, 3.05) is 6.54 Å². The van der Waals surface area contributed by atoms with Gasteiger partial charge in [0.05, 0.1) is 0 Å². The third-order valence-electron chi connectivity index (χ3n) is 2.30. The molecular formula is C12H17NO4S. The largest absolute Gasteiger partial charge is 0.480 e. The summed E-state index contributed by atoms with van der Waals surface area (Å²) in [7, 11) is 0. The van der Waals surface area contributed by atoms with E-state index in [1.165, 1.54) is 6.07 Å². The number of hydrogen-bond acceptors (Lipinski definition) is 4. The van der Waals surface area contributed by atoms with Crippen molar-refractivity contribution in [3.8, 4) is 5.75 Å². The normalized spacial score (nSPS) is 11.9. The van der Waals surface area contributed by atoms with E-state index < -0.39 is 12.1 Å². The number of carbonyl (C=O) groups excluding carboxylic acids is 1. The van der Waals surface area contributed by atoms with Crippen LogP contribution in [0.3, 0.4) is 0 Å². The number of aromatic carboxylic acids is 1. The number of carbonyl (C=O) groups is 2. The van der Waals surface area contributed by atoms with Crippen LogP contribution in [0.25, 0.3) is 0 Å². The smallest absolute Gasteiger partial charge is 0.346 e. The summed E-state index contributed by atoms with van der Waals surface area (Å²) >= 11 is 1.08. The number of thiophene rings is 1. The number of carboxylic acid groups (broad SMARTS) is 1. The van der Waals surface area contributed by atoms with Gasteiger partial charge in [0.25, 0.3) is 5.91 Å². The van der Waals surface area contributed by atoms with E-state index in [4.69, 9.17) is 9.84 Å². The third-order valence-corrected chi connectivity index (χ3v) is 3.19. The Morgan fingerprint density at radius 2 is 2.28 bits per heavy atom. The van der Waals surface area contributed by atoms with Gasteiger partial charge in [-0.1, -0.05) is 13.3 Å². The van der Waals surface area contributed by atoms with Crippen LogP contribution in [-0.2, 0) is 4.79 Å². The zero-order chi connectivity index (χ0) is 13.5. The lowest BCUT2D eigenvalue weighted by Gasteiger charge is -2.13. The summed E-state index contributed by atoms with van der Waals surface area (Å²) < 4.78 is 5.37. The highest BCUT2D eigenvalue weighted by Crippen LogP contribution is 2.22. The second kappa shape index (κ2) is 7.00. The molecule has 0 spiro atoms. The van der Waals surface area contributed by atoms with Gasteiger partial charge in [0.1, 0.15) is 10.6 Å². The maximum atomic E-state index is 11.6. The molecule has 1 rings (SSSR count). The summed E-state index contributed by atoms with van der Waals surface area (Å²) in [6, 6.07) is 1.42. The molecule has 0 saturated heterocycles. The molecule has 0 aliphatic carbocycles. The molecule has 1 aromatic heterocycles. The Balaban J connectivity index is 2.45. The molecule has 1 atom stereocenters. The Bertz CT molecular complexity index is 416. The summed E-state index contributed by atoms with van der Waals surface area (Å²) in [6.45, 7) is 4.32. The first-order chi connectivity index (χ1) is 8.54. The van der Waals surface area contributed by atoms with Crippen molar-refractivity contribution in [3.63, 3.8) is 0 Å². The molecule has 1 heterocycles. The van der Waals surface area contributed by atoms with E-state index in [9.17, 15) is 9.59 Å². The Labute approximate surface area is 110 Å². The Hall–Kier alpha value is -1.56. The van der Waals surface area contributed by atoms with Gasteiger partial charge in [-0.15, -0.1) is 11.3 Å². The highest BCUT2D eigenvalue weighted by Gasteiger charge is 2.15. The molecule has 6 heteroatoms. The molecule has 0 bridgehead atoms. The summed E-state index contributed by atoms with van der Waals surface area (Å²) in [5.74, 6) is -0.767. The number of carboxylic acids is 1. The van der Waals surface area contributed by atoms with Gasteiger partial charge in [-0.05, 0) is 13.3 Å². The predicted molar refractivity (Wildman–Crippen MR) is 69.3 cm³/mol. The van der Waals surface area contributed by atoms with Crippen LogP contribution in [0, 0.1) is 0 Å². The molecule has 0 fully saturated rings. The number of unbranched alkanes of at least 4 members (excludes halogenated alkanes) is 1. The minimum absolute atomic E-state index is 0.188. The summed E-state index contributed by atoms with van der Waals surface area (Å²) in [5, 5.41) is 13.1. The summed E-state index contributed by atoms with van der Waals surface area (Å²) in [4.78, 5) is 22.5. The minimum Gasteiger partial charge on any atom is -0.480 e. The van der Waals surface area contributed by atoms with Crippen molar-refractivity contribution in [2.45, 2.75) is 32.8 Å². The topological polar surface area (TPSA) is 75.6 Å². The van der Waals surface area contributed by atoms with E-state index in [2.05, 4.69) is 5.32 Å². The summed E-state index contributed by atoms with van der Waals surface area (Å²) in [6.07, 6.45) is 1.32. The summed E-state index contributed by atoms with van der Waals surface area (Å²) in [5.41, 5.74) is 0. The van der Waals surface area contributed by atoms with Crippen LogP contribution >= 0.6 is 11.3 Å². The molecule has 100 valence electrons. The maximum Gasteiger partial charge on any atom is 0.346 e. The molecule has 0 aromatic carbocycles. The van der Waals surface area contributed by atoms with E-state index in [0.29, 0.717) is 12.3 Å². The highest BCUT2D eigenvalue weighted by atomic mass is 32.1. The van der Waals surface area contributed by atoms with Gasteiger partial charge in [0.2, 0.25) is 0 Å².